The molecule has 2 heterocycles. The maximum atomic E-state index is 12.4. The Morgan fingerprint density at radius 1 is 1.28 bits per heavy atom. The predicted octanol–water partition coefficient (Wildman–Crippen LogP) is 0.899. The number of hydrogen-bond acceptors (Lipinski definition) is 8. The zero-order valence-corrected chi connectivity index (χ0v) is 16.1. The number of amides is 1. The number of nitrogens with two attached hydrogens (primary N) is 1. The third-order valence-electron chi connectivity index (χ3n) is 4.81. The van der Waals surface area contributed by atoms with Crippen molar-refractivity contribution in [2.24, 2.45) is 5.73 Å². The van der Waals surface area contributed by atoms with Crippen molar-refractivity contribution in [2.45, 2.75) is 18.9 Å². The first kappa shape index (κ1) is 20.7. The molecule has 1 aliphatic rings. The van der Waals surface area contributed by atoms with Gasteiger partial charge in [-0.1, -0.05) is 6.07 Å². The molecule has 0 saturated carbocycles. The van der Waals surface area contributed by atoms with Gasteiger partial charge in [0.05, 0.1) is 32.8 Å². The Hall–Kier alpha value is -3.04. The zero-order valence-electron chi connectivity index (χ0n) is 16.1. The molecule has 0 aliphatic carbocycles. The molecule has 0 radical (unpaired) electrons. The molecule has 2 aromatic rings. The number of morpholine rings is 1. The zero-order chi connectivity index (χ0) is 21.0. The number of hydrogen-bond donors (Lipinski definition) is 3. The fourth-order valence-electron chi connectivity index (χ4n) is 3.32. The van der Waals surface area contributed by atoms with Crippen LogP contribution in [-0.4, -0.2) is 54.4 Å². The summed E-state index contributed by atoms with van der Waals surface area (Å²) >= 11 is 0. The first-order valence-corrected chi connectivity index (χ1v) is 9.20. The van der Waals surface area contributed by atoms with Gasteiger partial charge in [0, 0.05) is 25.6 Å². The lowest BCUT2D eigenvalue weighted by Crippen LogP contribution is -2.35. The molecule has 1 atom stereocenters. The molecule has 3 rings (SSSR count). The minimum Gasteiger partial charge on any atom is -0.504 e. The highest BCUT2D eigenvalue weighted by Crippen LogP contribution is 2.37. The Balaban J connectivity index is 2.02. The first-order valence-electron chi connectivity index (χ1n) is 9.20. The summed E-state index contributed by atoms with van der Waals surface area (Å²) in [7, 11) is 1.39. The normalized spacial score (nSPS) is 15.8. The number of aromatic hydroxyl groups is 2. The summed E-state index contributed by atoms with van der Waals surface area (Å²) < 4.78 is 16.3. The van der Waals surface area contributed by atoms with Gasteiger partial charge in [-0.25, -0.2) is 0 Å². The summed E-state index contributed by atoms with van der Waals surface area (Å²) in [5, 5.41) is 20.2. The van der Waals surface area contributed by atoms with Crippen LogP contribution in [0.3, 0.4) is 0 Å². The van der Waals surface area contributed by atoms with E-state index in [0.29, 0.717) is 44.2 Å². The van der Waals surface area contributed by atoms with Gasteiger partial charge in [-0.2, -0.15) is 0 Å². The van der Waals surface area contributed by atoms with Crippen LogP contribution < -0.4 is 15.9 Å². The fraction of sp³-hybridized carbons (Fsp3) is 0.400. The minimum absolute atomic E-state index is 0.0488. The maximum Gasteiger partial charge on any atom is 0.227 e. The third-order valence-corrected chi connectivity index (χ3v) is 4.81. The van der Waals surface area contributed by atoms with Crippen molar-refractivity contribution < 1.29 is 28.9 Å². The molecule has 1 unspecified atom stereocenters. The van der Waals surface area contributed by atoms with Crippen molar-refractivity contribution in [3.8, 4) is 17.2 Å². The molecule has 9 nitrogen and oxygen atoms in total. The molecule has 1 saturated heterocycles. The van der Waals surface area contributed by atoms with Gasteiger partial charge in [-0.05, 0) is 17.7 Å². The number of primary amides is 1. The van der Waals surface area contributed by atoms with Crippen LogP contribution in [0.5, 0.6) is 17.2 Å². The molecule has 156 valence electrons. The second-order valence-corrected chi connectivity index (χ2v) is 6.83. The molecule has 0 bridgehead atoms. The number of phenolic OH excluding ortho intramolecular Hbond substituents is 1. The summed E-state index contributed by atoms with van der Waals surface area (Å²) in [5.41, 5.74) is 5.30. The van der Waals surface area contributed by atoms with Gasteiger partial charge in [0.1, 0.15) is 5.76 Å². The standard InChI is InChI=1S/C20H24N2O7/c1-27-17-8-12(2-3-15(17)23)14(10-18(21)25)20-19(26)16(24)9-13(29-20)11-22-4-6-28-7-5-22/h2-3,8-9,14,23,26H,4-7,10-11H2,1H3,(H2,21,25). The van der Waals surface area contributed by atoms with E-state index in [0.717, 1.165) is 0 Å². The molecule has 9 heteroatoms. The van der Waals surface area contributed by atoms with Crippen LogP contribution in [0.1, 0.15) is 29.4 Å². The van der Waals surface area contributed by atoms with E-state index in [4.69, 9.17) is 19.6 Å². The highest BCUT2D eigenvalue weighted by Gasteiger charge is 2.27. The highest BCUT2D eigenvalue weighted by molar-refractivity contribution is 5.75. The average Bonchev–Trinajstić information content (AvgIpc) is 2.70. The van der Waals surface area contributed by atoms with Crippen molar-refractivity contribution in [2.75, 3.05) is 33.4 Å². The maximum absolute atomic E-state index is 12.4. The topological polar surface area (TPSA) is 135 Å². The number of phenols is 1. The van der Waals surface area contributed by atoms with Gasteiger partial charge in [0.25, 0.3) is 0 Å². The Labute approximate surface area is 167 Å². The van der Waals surface area contributed by atoms with Gasteiger partial charge in [-0.15, -0.1) is 0 Å². The van der Waals surface area contributed by atoms with Crippen LogP contribution in [0.4, 0.5) is 0 Å². The van der Waals surface area contributed by atoms with Gasteiger partial charge in [-0.3, -0.25) is 14.5 Å². The van der Waals surface area contributed by atoms with Crippen LogP contribution >= 0.6 is 0 Å². The summed E-state index contributed by atoms with van der Waals surface area (Å²) in [6.07, 6.45) is -0.203. The van der Waals surface area contributed by atoms with Gasteiger partial charge >= 0.3 is 0 Å². The number of ether oxygens (including phenoxy) is 2. The first-order chi connectivity index (χ1) is 13.9. The van der Waals surface area contributed by atoms with Crippen molar-refractivity contribution in [1.29, 1.82) is 0 Å². The van der Waals surface area contributed by atoms with Crippen molar-refractivity contribution in [3.63, 3.8) is 0 Å². The quantitative estimate of drug-likeness (QED) is 0.619. The van der Waals surface area contributed by atoms with Crippen molar-refractivity contribution in [3.05, 3.63) is 51.6 Å². The smallest absolute Gasteiger partial charge is 0.227 e. The lowest BCUT2D eigenvalue weighted by atomic mass is 9.91. The average molecular weight is 404 g/mol. The van der Waals surface area contributed by atoms with Crippen molar-refractivity contribution in [1.82, 2.24) is 4.90 Å². The molecule has 1 aromatic heterocycles. The molecule has 29 heavy (non-hydrogen) atoms. The molecular weight excluding hydrogens is 380 g/mol. The highest BCUT2D eigenvalue weighted by atomic mass is 16.5. The molecule has 4 N–H and O–H groups in total. The molecule has 1 aromatic carbocycles. The second-order valence-electron chi connectivity index (χ2n) is 6.83. The Kier molecular flexibility index (Phi) is 6.40. The second kappa shape index (κ2) is 8.97. The number of nitrogens with zero attached hydrogens (tertiary/aromatic N) is 1. The van der Waals surface area contributed by atoms with E-state index in [1.165, 1.54) is 25.3 Å². The van der Waals surface area contributed by atoms with E-state index in [2.05, 4.69) is 4.90 Å². The third kappa shape index (κ3) is 4.87. The van der Waals surface area contributed by atoms with Crippen LogP contribution in [0.25, 0.3) is 0 Å². The molecule has 1 aliphatic heterocycles. The predicted molar refractivity (Wildman–Crippen MR) is 103 cm³/mol. The van der Waals surface area contributed by atoms with E-state index in [9.17, 15) is 19.8 Å². The Morgan fingerprint density at radius 2 is 2.00 bits per heavy atom. The molecule has 1 amide bonds. The van der Waals surface area contributed by atoms with E-state index >= 15 is 0 Å². The lowest BCUT2D eigenvalue weighted by Gasteiger charge is -2.26. The number of methoxy groups -OCH3 is 1. The largest absolute Gasteiger partial charge is 0.504 e. The van der Waals surface area contributed by atoms with E-state index in [1.54, 1.807) is 6.07 Å². The number of carbonyl (C=O) groups excluding carboxylic acids is 1. The van der Waals surface area contributed by atoms with Crippen LogP contribution in [0.2, 0.25) is 0 Å². The van der Waals surface area contributed by atoms with E-state index < -0.39 is 23.0 Å². The summed E-state index contributed by atoms with van der Waals surface area (Å²) in [4.78, 5) is 26.1. The SMILES string of the molecule is COc1cc(C(CC(N)=O)c2oc(CN3CCOCC3)cc(=O)c2O)ccc1O. The summed E-state index contributed by atoms with van der Waals surface area (Å²) in [6, 6.07) is 5.71. The Bertz CT molecular complexity index is 935. The molecule has 1 fully saturated rings. The number of rotatable bonds is 7. The van der Waals surface area contributed by atoms with Gasteiger partial charge < -0.3 is 29.8 Å². The van der Waals surface area contributed by atoms with Gasteiger partial charge in [0.2, 0.25) is 17.1 Å². The van der Waals surface area contributed by atoms with E-state index in [-0.39, 0.29) is 23.7 Å². The summed E-state index contributed by atoms with van der Waals surface area (Å²) in [6.45, 7) is 2.94. The van der Waals surface area contributed by atoms with Crippen LogP contribution in [0, 0.1) is 0 Å². The fourth-order valence-corrected chi connectivity index (χ4v) is 3.32. The number of benzene rings is 1. The minimum atomic E-state index is -0.820. The monoisotopic (exact) mass is 404 g/mol. The van der Waals surface area contributed by atoms with Crippen LogP contribution in [0.15, 0.2) is 33.5 Å². The molecular formula is C20H24N2O7. The van der Waals surface area contributed by atoms with Crippen LogP contribution in [-0.2, 0) is 16.1 Å². The van der Waals surface area contributed by atoms with Crippen molar-refractivity contribution >= 4 is 5.91 Å². The summed E-state index contributed by atoms with van der Waals surface area (Å²) in [5.74, 6) is -1.61. The van der Waals surface area contributed by atoms with Gasteiger partial charge in [0.15, 0.2) is 17.3 Å². The lowest BCUT2D eigenvalue weighted by molar-refractivity contribution is -0.118. The molecule has 0 spiro atoms. The van der Waals surface area contributed by atoms with E-state index in [1.807, 2.05) is 0 Å². The Morgan fingerprint density at radius 3 is 2.66 bits per heavy atom. The number of carbonyl (C=O) groups is 1.